The Morgan fingerprint density at radius 1 is 1.14 bits per heavy atom. The summed E-state index contributed by atoms with van der Waals surface area (Å²) >= 11 is 9.56. The van der Waals surface area contributed by atoms with Crippen LogP contribution < -0.4 is 16.6 Å². The van der Waals surface area contributed by atoms with Crippen molar-refractivity contribution in [3.05, 3.63) is 83.9 Å². The zero-order chi connectivity index (χ0) is 26.8. The standard InChI is InChI=1S/C22H17BrClF3N4O4S/c1-30-19(33)17(20(34)31(2)21(30)35)18(28-13-6-4-12(24)5-7-13)36-10-16(32)29-15-8-3-11(23)9-14(15)22(25,26)27/h3-9,33H,10H2,1-2H3,(H,29,32). The molecule has 36 heavy (non-hydrogen) atoms. The van der Waals surface area contributed by atoms with Crippen LogP contribution in [0, 0.1) is 0 Å². The first-order chi connectivity index (χ1) is 16.8. The van der Waals surface area contributed by atoms with E-state index >= 15 is 0 Å². The number of hydrogen-bond donors (Lipinski definition) is 2. The van der Waals surface area contributed by atoms with Crippen molar-refractivity contribution in [3.8, 4) is 5.88 Å². The molecule has 0 radical (unpaired) electrons. The number of benzene rings is 2. The van der Waals surface area contributed by atoms with Gasteiger partial charge in [-0.1, -0.05) is 39.3 Å². The number of hydrogen-bond acceptors (Lipinski definition) is 6. The molecule has 3 aromatic rings. The molecule has 0 spiro atoms. The lowest BCUT2D eigenvalue weighted by Gasteiger charge is -2.15. The van der Waals surface area contributed by atoms with Crippen LogP contribution in [0.1, 0.15) is 11.1 Å². The van der Waals surface area contributed by atoms with Gasteiger partial charge in [-0.25, -0.2) is 9.79 Å². The number of rotatable bonds is 5. The number of carbonyl (C=O) groups excluding carboxylic acids is 1. The average molecular weight is 606 g/mol. The lowest BCUT2D eigenvalue weighted by atomic mass is 10.1. The van der Waals surface area contributed by atoms with Crippen LogP contribution in [0.15, 0.2) is 61.5 Å². The highest BCUT2D eigenvalue weighted by atomic mass is 79.9. The van der Waals surface area contributed by atoms with Gasteiger partial charge in [0.1, 0.15) is 10.6 Å². The molecule has 0 saturated carbocycles. The Hall–Kier alpha value is -3.03. The molecule has 3 rings (SSSR count). The summed E-state index contributed by atoms with van der Waals surface area (Å²) in [6.07, 6.45) is -4.71. The summed E-state index contributed by atoms with van der Waals surface area (Å²) in [4.78, 5) is 41.8. The lowest BCUT2D eigenvalue weighted by Crippen LogP contribution is -2.39. The van der Waals surface area contributed by atoms with E-state index in [-0.39, 0.29) is 15.1 Å². The second kappa shape index (κ2) is 10.9. The fourth-order valence-electron chi connectivity index (χ4n) is 2.99. The lowest BCUT2D eigenvalue weighted by molar-refractivity contribution is -0.137. The van der Waals surface area contributed by atoms with E-state index in [4.69, 9.17) is 11.6 Å². The summed E-state index contributed by atoms with van der Waals surface area (Å²) in [5, 5.41) is 13.0. The van der Waals surface area contributed by atoms with E-state index < -0.39 is 46.2 Å². The first-order valence-corrected chi connectivity index (χ1v) is 12.1. The Balaban J connectivity index is 1.98. The number of aromatic hydroxyl groups is 1. The average Bonchev–Trinajstić information content (AvgIpc) is 2.81. The molecular weight excluding hydrogens is 589 g/mol. The summed E-state index contributed by atoms with van der Waals surface area (Å²) < 4.78 is 41.9. The first kappa shape index (κ1) is 27.6. The van der Waals surface area contributed by atoms with Gasteiger partial charge in [-0.05, 0) is 42.5 Å². The number of halogens is 5. The van der Waals surface area contributed by atoms with Gasteiger partial charge in [-0.3, -0.25) is 18.7 Å². The monoisotopic (exact) mass is 604 g/mol. The van der Waals surface area contributed by atoms with Crippen LogP contribution in [-0.4, -0.2) is 30.9 Å². The Morgan fingerprint density at radius 2 is 1.78 bits per heavy atom. The van der Waals surface area contributed by atoms with Crippen molar-refractivity contribution in [2.75, 3.05) is 11.1 Å². The van der Waals surface area contributed by atoms with Gasteiger partial charge in [0.15, 0.2) is 0 Å². The Morgan fingerprint density at radius 3 is 2.39 bits per heavy atom. The van der Waals surface area contributed by atoms with Crippen molar-refractivity contribution in [1.29, 1.82) is 0 Å². The van der Waals surface area contributed by atoms with E-state index in [0.29, 0.717) is 22.5 Å². The second-order valence-corrected chi connectivity index (χ2v) is 9.64. The minimum atomic E-state index is -4.71. The van der Waals surface area contributed by atoms with Gasteiger partial charge < -0.3 is 10.4 Å². The minimum absolute atomic E-state index is 0.131. The Labute approximate surface area is 219 Å². The van der Waals surface area contributed by atoms with Crippen molar-refractivity contribution in [2.45, 2.75) is 6.18 Å². The van der Waals surface area contributed by atoms with E-state index in [1.165, 1.54) is 44.4 Å². The van der Waals surface area contributed by atoms with Gasteiger partial charge in [0, 0.05) is 23.6 Å². The van der Waals surface area contributed by atoms with Crippen LogP contribution in [0.2, 0.25) is 5.02 Å². The molecular formula is C22H17BrClF3N4O4S. The molecule has 0 unspecified atom stereocenters. The maximum atomic E-state index is 13.4. The van der Waals surface area contributed by atoms with Gasteiger partial charge in [0.2, 0.25) is 11.8 Å². The number of aliphatic imine (C=N–C) groups is 1. The SMILES string of the molecule is Cn1c(O)c(C(=Nc2ccc(Cl)cc2)SCC(=O)Nc2ccc(Br)cc2C(F)(F)F)c(=O)n(C)c1=O. The highest BCUT2D eigenvalue weighted by Crippen LogP contribution is 2.36. The summed E-state index contributed by atoms with van der Waals surface area (Å²) in [6, 6.07) is 9.38. The van der Waals surface area contributed by atoms with Crippen LogP contribution >= 0.6 is 39.3 Å². The third-order valence-corrected chi connectivity index (χ3v) is 6.53. The molecule has 0 fully saturated rings. The highest BCUT2D eigenvalue weighted by molar-refractivity contribution is 9.10. The predicted molar refractivity (Wildman–Crippen MR) is 136 cm³/mol. The molecule has 0 atom stereocenters. The van der Waals surface area contributed by atoms with Crippen molar-refractivity contribution >= 4 is 61.6 Å². The highest BCUT2D eigenvalue weighted by Gasteiger charge is 2.34. The number of thioether (sulfide) groups is 1. The molecule has 2 aromatic carbocycles. The van der Waals surface area contributed by atoms with Crippen LogP contribution in [0.4, 0.5) is 24.5 Å². The zero-order valence-corrected chi connectivity index (χ0v) is 21.7. The van der Waals surface area contributed by atoms with E-state index in [1.54, 1.807) is 0 Å². The molecule has 0 aliphatic carbocycles. The number of nitrogens with one attached hydrogen (secondary N) is 1. The molecule has 1 heterocycles. The maximum Gasteiger partial charge on any atom is 0.418 e. The molecule has 190 valence electrons. The van der Waals surface area contributed by atoms with E-state index in [9.17, 15) is 32.7 Å². The number of alkyl halides is 3. The largest absolute Gasteiger partial charge is 0.494 e. The van der Waals surface area contributed by atoms with Crippen molar-refractivity contribution in [2.24, 2.45) is 19.1 Å². The van der Waals surface area contributed by atoms with Crippen LogP contribution in [0.3, 0.4) is 0 Å². The molecule has 0 saturated heterocycles. The topological polar surface area (TPSA) is 106 Å². The molecule has 8 nitrogen and oxygen atoms in total. The molecule has 0 aliphatic heterocycles. The molecule has 0 aliphatic rings. The second-order valence-electron chi connectivity index (χ2n) is 7.32. The van der Waals surface area contributed by atoms with Crippen LogP contribution in [0.25, 0.3) is 0 Å². The third kappa shape index (κ3) is 6.20. The normalized spacial score (nSPS) is 12.0. The predicted octanol–water partition coefficient (Wildman–Crippen LogP) is 4.67. The molecule has 1 aromatic heterocycles. The number of carbonyl (C=O) groups is 1. The fraction of sp³-hybridized carbons (Fsp3) is 0.182. The van der Waals surface area contributed by atoms with Gasteiger partial charge in [0.25, 0.3) is 5.56 Å². The Bertz CT molecular complexity index is 1470. The van der Waals surface area contributed by atoms with Gasteiger partial charge in [0.05, 0.1) is 22.7 Å². The smallest absolute Gasteiger partial charge is 0.418 e. The fourth-order valence-corrected chi connectivity index (χ4v) is 4.31. The Kier molecular flexibility index (Phi) is 8.37. The number of aromatic nitrogens is 2. The zero-order valence-electron chi connectivity index (χ0n) is 18.6. The van der Waals surface area contributed by atoms with Crippen molar-refractivity contribution in [3.63, 3.8) is 0 Å². The number of nitrogens with zero attached hydrogens (tertiary/aromatic N) is 3. The van der Waals surface area contributed by atoms with Crippen LogP contribution in [-0.2, 0) is 25.1 Å². The van der Waals surface area contributed by atoms with E-state index in [2.05, 4.69) is 26.2 Å². The van der Waals surface area contributed by atoms with Crippen LogP contribution in [0.5, 0.6) is 5.88 Å². The number of anilines is 1. The maximum absolute atomic E-state index is 13.4. The molecule has 2 N–H and O–H groups in total. The first-order valence-electron chi connectivity index (χ1n) is 9.92. The minimum Gasteiger partial charge on any atom is -0.494 e. The van der Waals surface area contributed by atoms with Gasteiger partial charge >= 0.3 is 11.9 Å². The summed E-state index contributed by atoms with van der Waals surface area (Å²) in [6.45, 7) is 0. The third-order valence-electron chi connectivity index (χ3n) is 4.81. The molecule has 1 amide bonds. The molecule has 0 bridgehead atoms. The summed E-state index contributed by atoms with van der Waals surface area (Å²) in [5.74, 6) is -1.97. The van der Waals surface area contributed by atoms with Crippen molar-refractivity contribution in [1.82, 2.24) is 9.13 Å². The molecule has 14 heteroatoms. The summed E-state index contributed by atoms with van der Waals surface area (Å²) in [5.41, 5.74) is -3.20. The van der Waals surface area contributed by atoms with Crippen molar-refractivity contribution < 1.29 is 23.1 Å². The van der Waals surface area contributed by atoms with E-state index in [0.717, 1.165) is 21.3 Å². The quantitative estimate of drug-likeness (QED) is 0.325. The van der Waals surface area contributed by atoms with E-state index in [1.807, 2.05) is 0 Å². The van der Waals surface area contributed by atoms with Gasteiger partial charge in [-0.15, -0.1) is 0 Å². The number of amides is 1. The van der Waals surface area contributed by atoms with Gasteiger partial charge in [-0.2, -0.15) is 13.2 Å². The summed E-state index contributed by atoms with van der Waals surface area (Å²) in [7, 11) is 2.45.